The summed E-state index contributed by atoms with van der Waals surface area (Å²) in [7, 11) is 0. The Hall–Kier alpha value is -1.44. The molecule has 1 fully saturated rings. The van der Waals surface area contributed by atoms with Crippen LogP contribution in [0.4, 0.5) is 13.2 Å². The van der Waals surface area contributed by atoms with Crippen molar-refractivity contribution in [2.24, 2.45) is 0 Å². The van der Waals surface area contributed by atoms with E-state index in [-0.39, 0.29) is 12.0 Å². The highest BCUT2D eigenvalue weighted by Gasteiger charge is 2.31. The number of thioether (sulfide) groups is 1. The van der Waals surface area contributed by atoms with E-state index in [0.29, 0.717) is 24.0 Å². The van der Waals surface area contributed by atoms with Gasteiger partial charge in [0.1, 0.15) is 5.75 Å². The molecule has 0 atom stereocenters. The van der Waals surface area contributed by atoms with Crippen molar-refractivity contribution >= 4 is 17.8 Å². The molecule has 1 aromatic rings. The molecule has 1 aromatic carbocycles. The van der Waals surface area contributed by atoms with Crippen molar-refractivity contribution in [2.45, 2.75) is 24.8 Å². The molecule has 0 radical (unpaired) electrons. The number of hydrogen-bond acceptors (Lipinski definition) is 4. The lowest BCUT2D eigenvalue weighted by Crippen LogP contribution is -2.32. The second-order valence-electron chi connectivity index (χ2n) is 5.20. The molecule has 2 rings (SSSR count). The van der Waals surface area contributed by atoms with Crippen molar-refractivity contribution < 1.29 is 27.4 Å². The van der Waals surface area contributed by atoms with Crippen molar-refractivity contribution in [2.75, 3.05) is 19.5 Å². The minimum Gasteiger partial charge on any atom is -0.406 e. The van der Waals surface area contributed by atoms with Crippen LogP contribution in [0.2, 0.25) is 0 Å². The quantitative estimate of drug-likeness (QED) is 0.719. The third-order valence-corrected chi connectivity index (χ3v) is 4.29. The van der Waals surface area contributed by atoms with Gasteiger partial charge in [0.05, 0.1) is 18.5 Å². The number of aryl methyl sites for hydroxylation is 1. The van der Waals surface area contributed by atoms with Gasteiger partial charge in [-0.3, -0.25) is 0 Å². The van der Waals surface area contributed by atoms with Crippen LogP contribution in [0.3, 0.4) is 0 Å². The highest BCUT2D eigenvalue weighted by atomic mass is 32.2. The van der Waals surface area contributed by atoms with Crippen LogP contribution in [-0.2, 0) is 9.47 Å². The fourth-order valence-electron chi connectivity index (χ4n) is 2.09. The molecule has 0 aromatic heterocycles. The molecule has 3 nitrogen and oxygen atoms in total. The molecular weight excluding hydrogens is 341 g/mol. The minimum absolute atomic E-state index is 0.222. The van der Waals surface area contributed by atoms with Crippen molar-refractivity contribution in [1.29, 1.82) is 0 Å². The van der Waals surface area contributed by atoms with Gasteiger partial charge >= 0.3 is 6.36 Å². The Kier molecular flexibility index (Phi) is 6.77. The van der Waals surface area contributed by atoms with E-state index in [4.69, 9.17) is 9.47 Å². The highest BCUT2D eigenvalue weighted by Crippen LogP contribution is 2.25. The minimum atomic E-state index is -4.68. The van der Waals surface area contributed by atoms with Gasteiger partial charge < -0.3 is 14.2 Å². The van der Waals surface area contributed by atoms with Crippen LogP contribution in [0.25, 0.3) is 6.08 Å². The number of ether oxygens (including phenoxy) is 3. The standard InChI is InChI=1S/C17H19F3O3S/c1-12-9-14(23-17(18,19)20)8-7-13(12)5-3-4-6-16-21-10-15(24-2)11-22-16/h3-9,15-16H,10-11H2,1-2H3/b5-3+,6-4+. The zero-order valence-electron chi connectivity index (χ0n) is 13.4. The van der Waals surface area contributed by atoms with Gasteiger partial charge in [-0.15, -0.1) is 13.2 Å². The van der Waals surface area contributed by atoms with E-state index in [1.165, 1.54) is 12.1 Å². The highest BCUT2D eigenvalue weighted by molar-refractivity contribution is 7.99. The maximum absolute atomic E-state index is 12.2. The first-order valence-corrected chi connectivity index (χ1v) is 8.63. The Bertz CT molecular complexity index is 591. The lowest BCUT2D eigenvalue weighted by molar-refractivity contribution is -0.274. The van der Waals surface area contributed by atoms with E-state index in [0.717, 1.165) is 5.56 Å². The van der Waals surface area contributed by atoms with Gasteiger partial charge in [-0.1, -0.05) is 24.3 Å². The summed E-state index contributed by atoms with van der Waals surface area (Å²) in [5.74, 6) is -0.222. The molecule has 7 heteroatoms. The Morgan fingerprint density at radius 3 is 2.50 bits per heavy atom. The summed E-state index contributed by atoms with van der Waals surface area (Å²) < 4.78 is 51.5. The molecule has 0 bridgehead atoms. The van der Waals surface area contributed by atoms with Crippen LogP contribution >= 0.6 is 11.8 Å². The molecule has 24 heavy (non-hydrogen) atoms. The maximum Gasteiger partial charge on any atom is 0.573 e. The number of alkyl halides is 3. The molecule has 0 amide bonds. The first kappa shape index (κ1) is 18.9. The predicted molar refractivity (Wildman–Crippen MR) is 89.0 cm³/mol. The van der Waals surface area contributed by atoms with E-state index < -0.39 is 6.36 Å². The Labute approximate surface area is 143 Å². The largest absolute Gasteiger partial charge is 0.573 e. The Morgan fingerprint density at radius 1 is 1.21 bits per heavy atom. The Balaban J connectivity index is 1.89. The molecule has 132 valence electrons. The zero-order valence-corrected chi connectivity index (χ0v) is 14.2. The van der Waals surface area contributed by atoms with Crippen LogP contribution in [-0.4, -0.2) is 37.4 Å². The number of halogens is 3. The van der Waals surface area contributed by atoms with Gasteiger partial charge in [0.15, 0.2) is 6.29 Å². The number of hydrogen-bond donors (Lipinski definition) is 0. The second-order valence-corrected chi connectivity index (χ2v) is 6.34. The molecule has 1 aliphatic heterocycles. The summed E-state index contributed by atoms with van der Waals surface area (Å²) in [6.45, 7) is 3.03. The van der Waals surface area contributed by atoms with Crippen molar-refractivity contribution in [3.05, 3.63) is 47.6 Å². The summed E-state index contributed by atoms with van der Waals surface area (Å²) in [5.41, 5.74) is 1.50. The van der Waals surface area contributed by atoms with E-state index in [2.05, 4.69) is 4.74 Å². The van der Waals surface area contributed by atoms with Gasteiger partial charge in [0, 0.05) is 0 Å². The second kappa shape index (κ2) is 8.60. The SMILES string of the molecule is CSC1COC(/C=C/C=C/c2ccc(OC(F)(F)F)cc2C)OC1. The molecule has 1 heterocycles. The van der Waals surface area contributed by atoms with E-state index in [1.807, 2.05) is 6.26 Å². The van der Waals surface area contributed by atoms with Crippen LogP contribution in [0.15, 0.2) is 36.4 Å². The summed E-state index contributed by atoms with van der Waals surface area (Å²) in [4.78, 5) is 0. The molecule has 0 N–H and O–H groups in total. The van der Waals surface area contributed by atoms with Crippen LogP contribution in [0.5, 0.6) is 5.75 Å². The van der Waals surface area contributed by atoms with Gasteiger partial charge in [0.25, 0.3) is 0 Å². The number of allylic oxidation sites excluding steroid dienone is 2. The van der Waals surface area contributed by atoms with Crippen molar-refractivity contribution in [3.8, 4) is 5.75 Å². The lowest BCUT2D eigenvalue weighted by Gasteiger charge is -2.26. The fraction of sp³-hybridized carbons (Fsp3) is 0.412. The van der Waals surface area contributed by atoms with Crippen LogP contribution in [0.1, 0.15) is 11.1 Å². The third-order valence-electron chi connectivity index (χ3n) is 3.36. The van der Waals surface area contributed by atoms with Crippen LogP contribution < -0.4 is 4.74 Å². The molecule has 0 aliphatic carbocycles. The first-order valence-electron chi connectivity index (χ1n) is 7.34. The van der Waals surface area contributed by atoms with Crippen LogP contribution in [0, 0.1) is 6.92 Å². The summed E-state index contributed by atoms with van der Waals surface area (Å²) in [5, 5.41) is 0.366. The van der Waals surface area contributed by atoms with E-state index in [9.17, 15) is 13.2 Å². The average molecular weight is 360 g/mol. The smallest absolute Gasteiger partial charge is 0.406 e. The molecule has 0 spiro atoms. The molecule has 0 unspecified atom stereocenters. The fourth-order valence-corrected chi connectivity index (χ4v) is 2.52. The first-order chi connectivity index (χ1) is 11.4. The zero-order chi connectivity index (χ0) is 17.6. The molecular formula is C17H19F3O3S. The lowest BCUT2D eigenvalue weighted by atomic mass is 10.1. The van der Waals surface area contributed by atoms with Crippen molar-refractivity contribution in [3.63, 3.8) is 0 Å². The topological polar surface area (TPSA) is 27.7 Å². The number of rotatable bonds is 5. The molecule has 0 saturated carbocycles. The predicted octanol–water partition coefficient (Wildman–Crippen LogP) is 4.57. The molecule has 1 saturated heterocycles. The van der Waals surface area contributed by atoms with E-state index >= 15 is 0 Å². The molecule has 1 aliphatic rings. The van der Waals surface area contributed by atoms with Gasteiger partial charge in [0.2, 0.25) is 0 Å². The monoisotopic (exact) mass is 360 g/mol. The van der Waals surface area contributed by atoms with Gasteiger partial charge in [-0.25, -0.2) is 0 Å². The van der Waals surface area contributed by atoms with Crippen molar-refractivity contribution in [1.82, 2.24) is 0 Å². The normalized spacial score (nSPS) is 22.4. The van der Waals surface area contributed by atoms with Gasteiger partial charge in [-0.05, 0) is 42.5 Å². The number of benzene rings is 1. The Morgan fingerprint density at radius 2 is 1.92 bits per heavy atom. The summed E-state index contributed by atoms with van der Waals surface area (Å²) >= 11 is 1.71. The average Bonchev–Trinajstić information content (AvgIpc) is 2.52. The summed E-state index contributed by atoms with van der Waals surface area (Å²) in [6.07, 6.45) is 4.16. The third kappa shape index (κ3) is 6.22. The maximum atomic E-state index is 12.2. The van der Waals surface area contributed by atoms with Gasteiger partial charge in [-0.2, -0.15) is 11.8 Å². The summed E-state index contributed by atoms with van der Waals surface area (Å²) in [6, 6.07) is 4.23. The van der Waals surface area contributed by atoms with E-state index in [1.54, 1.807) is 49.1 Å².